The third kappa shape index (κ3) is 7.50. The number of halogens is 3. The standard InChI is InChI=1S/C34H43Br2ClN4O2/c35-27-19-26-5-4-25-20-28(37)21-29(36)32(25)33(34(26)38-22-27)24-8-16-41(17-9-24)31(43)18-23-6-14-40(15-7-23)30(42)10-13-39-11-2-1-3-12-39/h19-24,33H,1-18H2. The lowest BCUT2D eigenvalue weighted by Crippen LogP contribution is -2.43. The van der Waals surface area contributed by atoms with Crippen LogP contribution in [0.4, 0.5) is 0 Å². The fraction of sp³-hybridized carbons (Fsp3) is 0.618. The molecule has 3 saturated heterocycles. The number of likely N-dealkylation sites (tertiary alicyclic amines) is 3. The second-order valence-corrected chi connectivity index (χ2v) is 15.2. The summed E-state index contributed by atoms with van der Waals surface area (Å²) in [5, 5.41) is 0.762. The predicted molar refractivity (Wildman–Crippen MR) is 178 cm³/mol. The summed E-state index contributed by atoms with van der Waals surface area (Å²) in [5.74, 6) is 1.53. The summed E-state index contributed by atoms with van der Waals surface area (Å²) in [5.41, 5.74) is 5.09. The van der Waals surface area contributed by atoms with Crippen LogP contribution in [0.25, 0.3) is 0 Å². The number of aromatic nitrogens is 1. The molecule has 1 atom stereocenters. The quantitative estimate of drug-likeness (QED) is 0.315. The lowest BCUT2D eigenvalue weighted by molar-refractivity contribution is -0.135. The van der Waals surface area contributed by atoms with Crippen LogP contribution in [0.3, 0.4) is 0 Å². The molecule has 2 aromatic rings. The highest BCUT2D eigenvalue weighted by molar-refractivity contribution is 9.10. The monoisotopic (exact) mass is 732 g/mol. The van der Waals surface area contributed by atoms with Gasteiger partial charge < -0.3 is 14.7 Å². The minimum absolute atomic E-state index is 0.182. The number of hydrogen-bond acceptors (Lipinski definition) is 4. The largest absolute Gasteiger partial charge is 0.343 e. The van der Waals surface area contributed by atoms with E-state index in [1.54, 1.807) is 0 Å². The van der Waals surface area contributed by atoms with Gasteiger partial charge in [0.1, 0.15) is 0 Å². The predicted octanol–water partition coefficient (Wildman–Crippen LogP) is 7.23. The SMILES string of the molecule is O=C(CCN1CCCCC1)N1CCC(CC(=O)N2CCC(C3c4ncc(Br)cc4CCc4cc(Cl)cc(Br)c43)CC2)CC1. The number of aryl methyl sites for hydroxylation is 2. The molecule has 232 valence electrons. The van der Waals surface area contributed by atoms with Gasteiger partial charge in [-0.2, -0.15) is 0 Å². The molecule has 0 saturated carbocycles. The average molecular weight is 735 g/mol. The van der Waals surface area contributed by atoms with E-state index in [-0.39, 0.29) is 17.7 Å². The zero-order chi connectivity index (χ0) is 29.9. The van der Waals surface area contributed by atoms with Crippen LogP contribution in [-0.2, 0) is 22.4 Å². The number of fused-ring (bicyclic) bond motifs is 2. The molecule has 1 unspecified atom stereocenters. The molecule has 0 bridgehead atoms. The molecule has 4 aliphatic rings. The van der Waals surface area contributed by atoms with Gasteiger partial charge in [-0.1, -0.05) is 34.0 Å². The van der Waals surface area contributed by atoms with Crippen LogP contribution in [0.1, 0.15) is 86.1 Å². The Balaban J connectivity index is 1.03. The van der Waals surface area contributed by atoms with Gasteiger partial charge in [0.2, 0.25) is 11.8 Å². The molecule has 3 fully saturated rings. The number of amides is 2. The maximum Gasteiger partial charge on any atom is 0.223 e. The van der Waals surface area contributed by atoms with E-state index in [4.69, 9.17) is 16.6 Å². The number of hydrogen-bond donors (Lipinski definition) is 0. The van der Waals surface area contributed by atoms with Crippen molar-refractivity contribution in [2.75, 3.05) is 45.8 Å². The van der Waals surface area contributed by atoms with Gasteiger partial charge in [-0.25, -0.2) is 0 Å². The molecule has 2 amide bonds. The van der Waals surface area contributed by atoms with E-state index < -0.39 is 0 Å². The number of piperidine rings is 3. The van der Waals surface area contributed by atoms with Gasteiger partial charge in [-0.3, -0.25) is 14.6 Å². The van der Waals surface area contributed by atoms with E-state index in [1.165, 1.54) is 41.6 Å². The molecule has 6 nitrogen and oxygen atoms in total. The summed E-state index contributed by atoms with van der Waals surface area (Å²) in [6.45, 7) is 6.33. The summed E-state index contributed by atoms with van der Waals surface area (Å²) in [7, 11) is 0. The normalized spacial score (nSPS) is 22.2. The van der Waals surface area contributed by atoms with Gasteiger partial charge in [-0.05, 0) is 127 Å². The first-order valence-electron chi connectivity index (χ1n) is 16.3. The Hall–Kier alpha value is -1.48. The molecule has 0 spiro atoms. The number of nitrogens with zero attached hydrogens (tertiary/aromatic N) is 4. The smallest absolute Gasteiger partial charge is 0.223 e. The van der Waals surface area contributed by atoms with Crippen LogP contribution in [0.5, 0.6) is 0 Å². The van der Waals surface area contributed by atoms with Crippen molar-refractivity contribution < 1.29 is 9.59 Å². The molecule has 4 heterocycles. The highest BCUT2D eigenvalue weighted by Crippen LogP contribution is 2.46. The summed E-state index contributed by atoms with van der Waals surface area (Å²) in [4.78, 5) is 37.8. The second-order valence-electron chi connectivity index (χ2n) is 13.0. The summed E-state index contributed by atoms with van der Waals surface area (Å²) < 4.78 is 2.08. The highest BCUT2D eigenvalue weighted by Gasteiger charge is 2.37. The number of pyridine rings is 1. The molecule has 0 radical (unpaired) electrons. The van der Waals surface area contributed by atoms with E-state index in [2.05, 4.69) is 53.8 Å². The lowest BCUT2D eigenvalue weighted by Gasteiger charge is -2.38. The summed E-state index contributed by atoms with van der Waals surface area (Å²) in [6, 6.07) is 6.37. The van der Waals surface area contributed by atoms with E-state index in [0.29, 0.717) is 24.7 Å². The third-order valence-electron chi connectivity index (χ3n) is 10.3. The second kappa shape index (κ2) is 14.3. The van der Waals surface area contributed by atoms with Crippen molar-refractivity contribution in [3.05, 3.63) is 60.7 Å². The molecule has 6 rings (SSSR count). The Bertz CT molecular complexity index is 1320. The van der Waals surface area contributed by atoms with Crippen LogP contribution < -0.4 is 0 Å². The first-order valence-corrected chi connectivity index (χ1v) is 18.2. The molecular formula is C34H43Br2ClN4O2. The molecule has 1 aromatic heterocycles. The van der Waals surface area contributed by atoms with E-state index in [9.17, 15) is 9.59 Å². The van der Waals surface area contributed by atoms with Gasteiger partial charge in [0, 0.05) is 71.6 Å². The van der Waals surface area contributed by atoms with Crippen molar-refractivity contribution in [2.45, 2.75) is 76.5 Å². The molecule has 43 heavy (non-hydrogen) atoms. The third-order valence-corrected chi connectivity index (χ3v) is 11.6. The molecule has 1 aliphatic carbocycles. The molecular weight excluding hydrogens is 692 g/mol. The average Bonchev–Trinajstić information content (AvgIpc) is 3.17. The number of carbonyl (C=O) groups is 2. The van der Waals surface area contributed by atoms with Crippen molar-refractivity contribution in [3.63, 3.8) is 0 Å². The van der Waals surface area contributed by atoms with E-state index >= 15 is 0 Å². The summed E-state index contributed by atoms with van der Waals surface area (Å²) in [6.07, 6.45) is 12.7. The van der Waals surface area contributed by atoms with Crippen molar-refractivity contribution in [1.82, 2.24) is 19.7 Å². The van der Waals surface area contributed by atoms with E-state index in [0.717, 1.165) is 98.3 Å². The molecule has 9 heteroatoms. The topological polar surface area (TPSA) is 56.8 Å². The van der Waals surface area contributed by atoms with Crippen molar-refractivity contribution in [2.24, 2.45) is 11.8 Å². The first-order chi connectivity index (χ1) is 20.9. The van der Waals surface area contributed by atoms with Gasteiger partial charge in [0.15, 0.2) is 0 Å². The number of rotatable bonds is 6. The first kappa shape index (κ1) is 31.5. The number of benzene rings is 1. The highest BCUT2D eigenvalue weighted by atomic mass is 79.9. The van der Waals surface area contributed by atoms with E-state index in [1.807, 2.05) is 17.2 Å². The van der Waals surface area contributed by atoms with Crippen molar-refractivity contribution >= 4 is 55.3 Å². The lowest BCUT2D eigenvalue weighted by atomic mass is 9.76. The number of carbonyl (C=O) groups excluding carboxylic acids is 2. The Kier molecular flexibility index (Phi) is 10.5. The van der Waals surface area contributed by atoms with Crippen LogP contribution in [0.15, 0.2) is 33.3 Å². The van der Waals surface area contributed by atoms with Crippen molar-refractivity contribution in [3.8, 4) is 0 Å². The minimum Gasteiger partial charge on any atom is -0.343 e. The fourth-order valence-corrected chi connectivity index (χ4v) is 9.37. The Morgan fingerprint density at radius 2 is 1.51 bits per heavy atom. The van der Waals surface area contributed by atoms with Crippen LogP contribution in [-0.4, -0.2) is 77.3 Å². The Labute approximate surface area is 278 Å². The zero-order valence-electron chi connectivity index (χ0n) is 25.0. The fourth-order valence-electron chi connectivity index (χ4n) is 7.87. The van der Waals surface area contributed by atoms with Gasteiger partial charge in [-0.15, -0.1) is 0 Å². The Morgan fingerprint density at radius 1 is 0.837 bits per heavy atom. The maximum absolute atomic E-state index is 13.4. The van der Waals surface area contributed by atoms with Gasteiger partial charge in [0.25, 0.3) is 0 Å². The minimum atomic E-state index is 0.182. The molecule has 3 aliphatic heterocycles. The Morgan fingerprint density at radius 3 is 2.26 bits per heavy atom. The maximum atomic E-state index is 13.4. The van der Waals surface area contributed by atoms with Crippen LogP contribution >= 0.6 is 43.5 Å². The van der Waals surface area contributed by atoms with Crippen LogP contribution in [0, 0.1) is 11.8 Å². The zero-order valence-corrected chi connectivity index (χ0v) is 28.9. The summed E-state index contributed by atoms with van der Waals surface area (Å²) >= 11 is 14.0. The molecule has 0 N–H and O–H groups in total. The van der Waals surface area contributed by atoms with Gasteiger partial charge >= 0.3 is 0 Å². The van der Waals surface area contributed by atoms with Gasteiger partial charge in [0.05, 0.1) is 5.69 Å². The molecule has 1 aromatic carbocycles. The van der Waals surface area contributed by atoms with Crippen LogP contribution in [0.2, 0.25) is 5.02 Å². The van der Waals surface area contributed by atoms with Crippen molar-refractivity contribution in [1.29, 1.82) is 0 Å².